The molecule has 1 unspecified atom stereocenters. The van der Waals surface area contributed by atoms with Crippen molar-refractivity contribution in [3.05, 3.63) is 0 Å². The van der Waals surface area contributed by atoms with E-state index in [9.17, 15) is 14.4 Å². The number of carbonyl (C=O) groups is 3. The maximum Gasteiger partial charge on any atom is 0.303 e. The molecule has 0 bridgehead atoms. The third-order valence-electron chi connectivity index (χ3n) is 11.6. The van der Waals surface area contributed by atoms with E-state index in [1.807, 2.05) is 11.8 Å². The molecule has 0 aliphatic carbocycles. The molecule has 0 saturated carbocycles. The molecule has 2 atom stereocenters. The van der Waals surface area contributed by atoms with E-state index in [1.54, 1.807) is 0 Å². The topological polar surface area (TPSA) is 180 Å². The van der Waals surface area contributed by atoms with E-state index in [0.29, 0.717) is 31.1 Å². The van der Waals surface area contributed by atoms with Crippen molar-refractivity contribution in [2.24, 2.45) is 17.4 Å². The van der Waals surface area contributed by atoms with E-state index in [2.05, 4.69) is 16.0 Å². The molecule has 1 amide bonds. The molecule has 59 heavy (non-hydrogen) atoms. The molecule has 0 aromatic carbocycles. The molecule has 0 heterocycles. The lowest BCUT2D eigenvalue weighted by molar-refractivity contribution is -0.138. The zero-order chi connectivity index (χ0) is 43.1. The Hall–Kier alpha value is -1.40. The van der Waals surface area contributed by atoms with Crippen LogP contribution in [0.15, 0.2) is 0 Å². The Labute approximate surface area is 367 Å². The van der Waals surface area contributed by atoms with Gasteiger partial charge in [-0.15, -0.1) is 0 Å². The second kappa shape index (κ2) is 47.6. The Balaban J connectivity index is 4.18. The summed E-state index contributed by atoms with van der Waals surface area (Å²) < 4.78 is 0. The number of nitrogens with two attached hydrogens (primary N) is 2. The minimum Gasteiger partial charge on any atom is -0.481 e. The summed E-state index contributed by atoms with van der Waals surface area (Å²) in [5, 5.41) is 27.4. The molecule has 0 spiro atoms. The number of nitrogens with one attached hydrogen (secondary N) is 3. The van der Waals surface area contributed by atoms with E-state index in [1.165, 1.54) is 161 Å². The maximum absolute atomic E-state index is 12.7. The summed E-state index contributed by atoms with van der Waals surface area (Å²) in [5.41, 5.74) is 11.9. The molecule has 9 N–H and O–H groups in total. The number of carboxylic acids is 2. The van der Waals surface area contributed by atoms with Gasteiger partial charge in [-0.05, 0) is 95.8 Å². The summed E-state index contributed by atoms with van der Waals surface area (Å²) in [6.07, 6.45) is 41.4. The first-order valence-electron chi connectivity index (χ1n) is 25.0. The average molecular weight is 856 g/mol. The number of carbonyl (C=O) groups excluding carboxylic acids is 1. The van der Waals surface area contributed by atoms with Gasteiger partial charge in [0, 0.05) is 25.1 Å². The standard InChI is InChI=1S/C48H97N5O5S/c49-36-30-39-51-37-28-29-38-52-40-31-41-53-48(58)45(50)43-59-42-44(33-25-21-17-13-9-5-3-7-11-15-19-23-27-35-47(56)57)32-24-20-16-12-8-4-1-2-6-10-14-18-22-26-34-46(54)55/h44-45,51-52H,1-43,49-50H2,(H,53,58)(H,54,55)(H,56,57)/t44?,45-/m0/s1. The van der Waals surface area contributed by atoms with Crippen LogP contribution in [-0.2, 0) is 14.4 Å². The highest BCUT2D eigenvalue weighted by molar-refractivity contribution is 7.99. The van der Waals surface area contributed by atoms with Crippen LogP contribution in [-0.4, -0.2) is 84.9 Å². The zero-order valence-corrected chi connectivity index (χ0v) is 39.1. The molecule has 0 saturated heterocycles. The normalized spacial score (nSPS) is 12.5. The SMILES string of the molecule is NCCCNCCCCNCCCNC(=O)[C@@H](N)CSCC(CCCCCCCCCCCCCCCCC(=O)O)CCCCCCCCCCCCCCCC(=O)O. The lowest BCUT2D eigenvalue weighted by Crippen LogP contribution is -2.43. The minimum atomic E-state index is -0.672. The fourth-order valence-corrected chi connectivity index (χ4v) is 8.97. The Morgan fingerprint density at radius 2 is 0.763 bits per heavy atom. The third-order valence-corrected chi connectivity index (χ3v) is 12.9. The van der Waals surface area contributed by atoms with Crippen molar-refractivity contribution in [1.29, 1.82) is 0 Å². The number of thioether (sulfide) groups is 1. The van der Waals surface area contributed by atoms with Gasteiger partial charge in [-0.3, -0.25) is 14.4 Å². The Morgan fingerprint density at radius 1 is 0.424 bits per heavy atom. The van der Waals surface area contributed by atoms with E-state index >= 15 is 0 Å². The van der Waals surface area contributed by atoms with Crippen LogP contribution in [0.25, 0.3) is 0 Å². The number of unbranched alkanes of at least 4 members (excludes halogenated alkanes) is 26. The van der Waals surface area contributed by atoms with Crippen LogP contribution in [0.4, 0.5) is 0 Å². The molecule has 350 valence electrons. The van der Waals surface area contributed by atoms with Gasteiger partial charge < -0.3 is 37.6 Å². The van der Waals surface area contributed by atoms with Gasteiger partial charge in [-0.2, -0.15) is 11.8 Å². The van der Waals surface area contributed by atoms with Gasteiger partial charge in [0.2, 0.25) is 5.91 Å². The fraction of sp³-hybridized carbons (Fsp3) is 0.938. The first-order chi connectivity index (χ1) is 28.9. The molecule has 0 aromatic heterocycles. The highest BCUT2D eigenvalue weighted by Gasteiger charge is 2.15. The van der Waals surface area contributed by atoms with Crippen molar-refractivity contribution in [3.63, 3.8) is 0 Å². The second-order valence-corrected chi connectivity index (χ2v) is 18.5. The number of amides is 1. The maximum atomic E-state index is 12.7. The van der Waals surface area contributed by atoms with Crippen LogP contribution in [0.1, 0.15) is 225 Å². The number of carboxylic acid groups (broad SMARTS) is 2. The first-order valence-corrected chi connectivity index (χ1v) is 26.2. The highest BCUT2D eigenvalue weighted by atomic mass is 32.2. The Morgan fingerprint density at radius 3 is 1.14 bits per heavy atom. The number of rotatable bonds is 50. The van der Waals surface area contributed by atoms with Gasteiger partial charge in [0.1, 0.15) is 0 Å². The molecule has 0 fully saturated rings. The lowest BCUT2D eigenvalue weighted by Gasteiger charge is -2.18. The zero-order valence-electron chi connectivity index (χ0n) is 38.2. The van der Waals surface area contributed by atoms with Crippen LogP contribution in [0.3, 0.4) is 0 Å². The van der Waals surface area contributed by atoms with Crippen LogP contribution in [0.5, 0.6) is 0 Å². The largest absolute Gasteiger partial charge is 0.481 e. The molecule has 0 radical (unpaired) electrons. The summed E-state index contributed by atoms with van der Waals surface area (Å²) in [6, 6.07) is -0.445. The molecular weight excluding hydrogens is 759 g/mol. The Bertz CT molecular complexity index is 917. The molecular formula is C48H97N5O5S. The summed E-state index contributed by atoms with van der Waals surface area (Å²) >= 11 is 1.88. The minimum absolute atomic E-state index is 0.0180. The number of hydrogen-bond donors (Lipinski definition) is 7. The van der Waals surface area contributed by atoms with Gasteiger partial charge in [-0.1, -0.05) is 161 Å². The molecule has 0 aliphatic heterocycles. The number of hydrogen-bond acceptors (Lipinski definition) is 8. The molecule has 0 aromatic rings. The molecule has 0 aliphatic rings. The van der Waals surface area contributed by atoms with Crippen LogP contribution in [0, 0.1) is 5.92 Å². The van der Waals surface area contributed by atoms with Gasteiger partial charge in [-0.25, -0.2) is 0 Å². The van der Waals surface area contributed by atoms with Crippen LogP contribution < -0.4 is 27.4 Å². The second-order valence-electron chi connectivity index (χ2n) is 17.4. The predicted octanol–water partition coefficient (Wildman–Crippen LogP) is 10.7. The van der Waals surface area contributed by atoms with E-state index < -0.39 is 18.0 Å². The Kier molecular flexibility index (Phi) is 46.5. The van der Waals surface area contributed by atoms with Crippen molar-refractivity contribution in [3.8, 4) is 0 Å². The van der Waals surface area contributed by atoms with Crippen molar-refractivity contribution in [2.45, 2.75) is 231 Å². The van der Waals surface area contributed by atoms with Crippen LogP contribution >= 0.6 is 11.8 Å². The smallest absolute Gasteiger partial charge is 0.303 e. The summed E-state index contributed by atoms with van der Waals surface area (Å²) in [5.74, 6) is 1.15. The third kappa shape index (κ3) is 47.5. The van der Waals surface area contributed by atoms with E-state index in [0.717, 1.165) is 89.8 Å². The van der Waals surface area contributed by atoms with Crippen LogP contribution in [0.2, 0.25) is 0 Å². The fourth-order valence-electron chi connectivity index (χ4n) is 7.77. The quantitative estimate of drug-likeness (QED) is 0.0291. The van der Waals surface area contributed by atoms with Crippen molar-refractivity contribution >= 4 is 29.6 Å². The monoisotopic (exact) mass is 856 g/mol. The highest BCUT2D eigenvalue weighted by Crippen LogP contribution is 2.24. The number of aliphatic carboxylic acids is 2. The van der Waals surface area contributed by atoms with Gasteiger partial charge in [0.05, 0.1) is 6.04 Å². The van der Waals surface area contributed by atoms with Crippen molar-refractivity contribution < 1.29 is 24.6 Å². The molecule has 10 nitrogen and oxygen atoms in total. The van der Waals surface area contributed by atoms with E-state index in [-0.39, 0.29) is 5.91 Å². The predicted molar refractivity (Wildman–Crippen MR) is 253 cm³/mol. The summed E-state index contributed by atoms with van der Waals surface area (Å²) in [6.45, 7) is 5.38. The van der Waals surface area contributed by atoms with Crippen molar-refractivity contribution in [1.82, 2.24) is 16.0 Å². The van der Waals surface area contributed by atoms with Crippen molar-refractivity contribution in [2.75, 3.05) is 50.8 Å². The molecule has 0 rings (SSSR count). The molecule has 11 heteroatoms. The van der Waals surface area contributed by atoms with E-state index in [4.69, 9.17) is 21.7 Å². The summed E-state index contributed by atoms with van der Waals surface area (Å²) in [7, 11) is 0. The van der Waals surface area contributed by atoms with Gasteiger partial charge in [0.15, 0.2) is 0 Å². The lowest BCUT2D eigenvalue weighted by atomic mass is 9.95. The van der Waals surface area contributed by atoms with Gasteiger partial charge in [0.25, 0.3) is 0 Å². The summed E-state index contributed by atoms with van der Waals surface area (Å²) in [4.78, 5) is 33.9. The average Bonchev–Trinajstić information content (AvgIpc) is 3.21. The van der Waals surface area contributed by atoms with Gasteiger partial charge >= 0.3 is 11.9 Å². The first kappa shape index (κ1) is 57.6.